The normalized spacial score (nSPS) is 18.6. The van der Waals surface area contributed by atoms with Crippen molar-refractivity contribution >= 4 is 10.8 Å². The highest BCUT2D eigenvalue weighted by molar-refractivity contribution is 5.91. The van der Waals surface area contributed by atoms with Gasteiger partial charge in [-0.2, -0.15) is 0 Å². The molecule has 100 valence electrons. The molecule has 1 aliphatic rings. The van der Waals surface area contributed by atoms with Gasteiger partial charge in [0.05, 0.1) is 0 Å². The summed E-state index contributed by atoms with van der Waals surface area (Å²) in [5, 5.41) is 15.5. The minimum Gasteiger partial charge on any atom is -0.507 e. The SMILES string of the molecule is C[C@@H](c1ccc(O)c2ccccc12)N1CCNCC1. The molecule has 1 atom stereocenters. The van der Waals surface area contributed by atoms with Crippen molar-refractivity contribution in [3.05, 3.63) is 42.0 Å². The van der Waals surface area contributed by atoms with Gasteiger partial charge in [0.1, 0.15) is 5.75 Å². The molecule has 0 amide bonds. The van der Waals surface area contributed by atoms with E-state index in [0.29, 0.717) is 11.8 Å². The summed E-state index contributed by atoms with van der Waals surface area (Å²) < 4.78 is 0. The Morgan fingerprint density at radius 3 is 2.47 bits per heavy atom. The fraction of sp³-hybridized carbons (Fsp3) is 0.375. The molecule has 0 aromatic heterocycles. The number of benzene rings is 2. The molecule has 3 heteroatoms. The molecule has 3 nitrogen and oxygen atoms in total. The van der Waals surface area contributed by atoms with Crippen LogP contribution in [-0.4, -0.2) is 36.2 Å². The third-order valence-electron chi connectivity index (χ3n) is 4.08. The molecule has 19 heavy (non-hydrogen) atoms. The van der Waals surface area contributed by atoms with Crippen molar-refractivity contribution in [1.82, 2.24) is 10.2 Å². The summed E-state index contributed by atoms with van der Waals surface area (Å²) in [6, 6.07) is 12.4. The van der Waals surface area contributed by atoms with Gasteiger partial charge in [-0.1, -0.05) is 30.3 Å². The topological polar surface area (TPSA) is 35.5 Å². The van der Waals surface area contributed by atoms with Crippen molar-refractivity contribution in [2.24, 2.45) is 0 Å². The molecule has 1 fully saturated rings. The van der Waals surface area contributed by atoms with Crippen LogP contribution in [0.3, 0.4) is 0 Å². The van der Waals surface area contributed by atoms with E-state index in [9.17, 15) is 5.11 Å². The van der Waals surface area contributed by atoms with Gasteiger partial charge in [-0.15, -0.1) is 0 Å². The summed E-state index contributed by atoms with van der Waals surface area (Å²) in [5.41, 5.74) is 1.30. The average Bonchev–Trinajstić information content (AvgIpc) is 2.48. The third-order valence-corrected chi connectivity index (χ3v) is 4.08. The summed E-state index contributed by atoms with van der Waals surface area (Å²) >= 11 is 0. The van der Waals surface area contributed by atoms with E-state index in [-0.39, 0.29) is 0 Å². The number of fused-ring (bicyclic) bond motifs is 1. The van der Waals surface area contributed by atoms with E-state index in [0.717, 1.165) is 37.0 Å². The van der Waals surface area contributed by atoms with Gasteiger partial charge in [0.15, 0.2) is 0 Å². The maximum atomic E-state index is 9.96. The lowest BCUT2D eigenvalue weighted by molar-refractivity contribution is 0.186. The van der Waals surface area contributed by atoms with Crippen LogP contribution < -0.4 is 5.32 Å². The zero-order valence-electron chi connectivity index (χ0n) is 11.3. The Bertz CT molecular complexity index is 576. The molecular formula is C16H20N2O. The Balaban J connectivity index is 2.02. The number of phenolic OH excluding ortho intramolecular Hbond substituents is 1. The van der Waals surface area contributed by atoms with Crippen molar-refractivity contribution in [3.63, 3.8) is 0 Å². The summed E-state index contributed by atoms with van der Waals surface area (Å²) in [5.74, 6) is 0.367. The minimum absolute atomic E-state index is 0.367. The summed E-state index contributed by atoms with van der Waals surface area (Å²) in [4.78, 5) is 2.50. The highest BCUT2D eigenvalue weighted by Crippen LogP contribution is 2.32. The molecule has 1 aliphatic heterocycles. The van der Waals surface area contributed by atoms with Crippen LogP contribution in [0, 0.1) is 0 Å². The molecule has 0 unspecified atom stereocenters. The zero-order valence-corrected chi connectivity index (χ0v) is 11.3. The van der Waals surface area contributed by atoms with Crippen LogP contribution in [0.1, 0.15) is 18.5 Å². The van der Waals surface area contributed by atoms with E-state index in [2.05, 4.69) is 29.3 Å². The Labute approximate surface area is 113 Å². The van der Waals surface area contributed by atoms with Crippen molar-refractivity contribution in [3.8, 4) is 5.75 Å². The molecule has 1 heterocycles. The smallest absolute Gasteiger partial charge is 0.123 e. The van der Waals surface area contributed by atoms with Crippen LogP contribution in [0.2, 0.25) is 0 Å². The molecule has 1 saturated heterocycles. The Hall–Kier alpha value is -1.58. The lowest BCUT2D eigenvalue weighted by Crippen LogP contribution is -2.44. The minimum atomic E-state index is 0.367. The number of aromatic hydroxyl groups is 1. The Kier molecular flexibility index (Phi) is 3.40. The number of phenols is 1. The summed E-state index contributed by atoms with van der Waals surface area (Å²) in [7, 11) is 0. The van der Waals surface area contributed by atoms with E-state index in [4.69, 9.17) is 0 Å². The monoisotopic (exact) mass is 256 g/mol. The van der Waals surface area contributed by atoms with Gasteiger partial charge in [0.25, 0.3) is 0 Å². The van der Waals surface area contributed by atoms with Crippen LogP contribution in [0.5, 0.6) is 5.75 Å². The van der Waals surface area contributed by atoms with Crippen molar-refractivity contribution in [1.29, 1.82) is 0 Å². The highest BCUT2D eigenvalue weighted by atomic mass is 16.3. The molecule has 3 rings (SSSR count). The summed E-state index contributed by atoms with van der Waals surface area (Å²) in [6.45, 7) is 6.53. The molecule has 0 spiro atoms. The average molecular weight is 256 g/mol. The van der Waals surface area contributed by atoms with Gasteiger partial charge in [0, 0.05) is 37.6 Å². The van der Waals surface area contributed by atoms with E-state index in [1.807, 2.05) is 24.3 Å². The fourth-order valence-electron chi connectivity index (χ4n) is 2.94. The molecule has 0 aliphatic carbocycles. The highest BCUT2D eigenvalue weighted by Gasteiger charge is 2.19. The molecule has 0 bridgehead atoms. The van der Waals surface area contributed by atoms with Crippen LogP contribution in [-0.2, 0) is 0 Å². The van der Waals surface area contributed by atoms with Gasteiger partial charge in [-0.3, -0.25) is 4.90 Å². The predicted octanol–water partition coefficient (Wildman–Crippen LogP) is 2.51. The lowest BCUT2D eigenvalue weighted by Gasteiger charge is -2.33. The van der Waals surface area contributed by atoms with Crippen molar-refractivity contribution in [2.45, 2.75) is 13.0 Å². The molecule has 2 aromatic carbocycles. The Morgan fingerprint density at radius 2 is 1.74 bits per heavy atom. The lowest BCUT2D eigenvalue weighted by atomic mass is 9.97. The quantitative estimate of drug-likeness (QED) is 0.866. The largest absolute Gasteiger partial charge is 0.507 e. The molecule has 0 saturated carbocycles. The van der Waals surface area contributed by atoms with Gasteiger partial charge in [-0.25, -0.2) is 0 Å². The number of rotatable bonds is 2. The van der Waals surface area contributed by atoms with E-state index in [1.165, 1.54) is 5.56 Å². The maximum Gasteiger partial charge on any atom is 0.123 e. The standard InChI is InChI=1S/C16H20N2O/c1-12(18-10-8-17-9-11-18)13-6-7-16(19)15-5-3-2-4-14(13)15/h2-7,12,17,19H,8-11H2,1H3/t12-/m0/s1. The van der Waals surface area contributed by atoms with Gasteiger partial charge < -0.3 is 10.4 Å². The molecule has 2 aromatic rings. The van der Waals surface area contributed by atoms with Crippen LogP contribution in [0.4, 0.5) is 0 Å². The number of nitrogens with one attached hydrogen (secondary N) is 1. The van der Waals surface area contributed by atoms with Crippen LogP contribution >= 0.6 is 0 Å². The van der Waals surface area contributed by atoms with Gasteiger partial charge in [-0.05, 0) is 23.9 Å². The van der Waals surface area contributed by atoms with Crippen LogP contribution in [0.25, 0.3) is 10.8 Å². The van der Waals surface area contributed by atoms with Gasteiger partial charge >= 0.3 is 0 Å². The van der Waals surface area contributed by atoms with Crippen molar-refractivity contribution in [2.75, 3.05) is 26.2 Å². The second-order valence-electron chi connectivity index (χ2n) is 5.18. The molecular weight excluding hydrogens is 236 g/mol. The first-order chi connectivity index (χ1) is 9.27. The van der Waals surface area contributed by atoms with E-state index >= 15 is 0 Å². The zero-order chi connectivity index (χ0) is 13.2. The van der Waals surface area contributed by atoms with E-state index < -0.39 is 0 Å². The van der Waals surface area contributed by atoms with Gasteiger partial charge in [0.2, 0.25) is 0 Å². The number of piperazine rings is 1. The third kappa shape index (κ3) is 2.31. The molecule has 0 radical (unpaired) electrons. The molecule has 2 N–H and O–H groups in total. The number of hydrogen-bond donors (Lipinski definition) is 2. The summed E-state index contributed by atoms with van der Waals surface area (Å²) in [6.07, 6.45) is 0. The second-order valence-corrected chi connectivity index (χ2v) is 5.18. The second kappa shape index (κ2) is 5.19. The Morgan fingerprint density at radius 1 is 1.05 bits per heavy atom. The number of hydrogen-bond acceptors (Lipinski definition) is 3. The first-order valence-electron chi connectivity index (χ1n) is 6.93. The first-order valence-corrected chi connectivity index (χ1v) is 6.93. The van der Waals surface area contributed by atoms with E-state index in [1.54, 1.807) is 0 Å². The maximum absolute atomic E-state index is 9.96. The predicted molar refractivity (Wildman–Crippen MR) is 78.5 cm³/mol. The fourth-order valence-corrected chi connectivity index (χ4v) is 2.94. The van der Waals surface area contributed by atoms with Crippen LogP contribution in [0.15, 0.2) is 36.4 Å². The first kappa shape index (κ1) is 12.5. The number of nitrogens with zero attached hydrogens (tertiary/aromatic N) is 1. The van der Waals surface area contributed by atoms with Crippen molar-refractivity contribution < 1.29 is 5.11 Å².